The molecular weight excluding hydrogens is 362 g/mol. The van der Waals surface area contributed by atoms with Gasteiger partial charge in [0.1, 0.15) is 11.6 Å². The molecule has 1 aliphatic rings. The Labute approximate surface area is 174 Å². The summed E-state index contributed by atoms with van der Waals surface area (Å²) in [7, 11) is 0. The number of aryl methyl sites for hydroxylation is 3. The third-order valence-electron chi connectivity index (χ3n) is 5.59. The van der Waals surface area contributed by atoms with Gasteiger partial charge in [0, 0.05) is 49.5 Å². The summed E-state index contributed by atoms with van der Waals surface area (Å²) < 4.78 is 0. The molecule has 1 N–H and O–H groups in total. The van der Waals surface area contributed by atoms with Gasteiger partial charge in [-0.15, -0.1) is 0 Å². The predicted octanol–water partition coefficient (Wildman–Crippen LogP) is 3.67. The van der Waals surface area contributed by atoms with Gasteiger partial charge in [-0.3, -0.25) is 9.69 Å². The van der Waals surface area contributed by atoms with Crippen LogP contribution in [0.3, 0.4) is 0 Å². The molecule has 6 nitrogen and oxygen atoms in total. The lowest BCUT2D eigenvalue weighted by molar-refractivity contribution is -0.120. The molecule has 156 valence electrons. The molecule has 29 heavy (non-hydrogen) atoms. The Bertz CT molecular complexity index is 872. The molecule has 6 heteroatoms. The standard InChI is InChI=1S/C23H33N5O/c1-15(2)22-24-18(5)14-21(26-22)28-11-9-27(10-12-28)19(6)23(29)25-20-13-16(3)7-8-17(20)4/h7-8,13-15,19H,9-12H2,1-6H3,(H,25,29). The number of piperazine rings is 1. The van der Waals surface area contributed by atoms with Crippen LogP contribution in [0.15, 0.2) is 24.3 Å². The van der Waals surface area contributed by atoms with Crippen LogP contribution in [0, 0.1) is 20.8 Å². The lowest BCUT2D eigenvalue weighted by Crippen LogP contribution is -2.53. The van der Waals surface area contributed by atoms with E-state index >= 15 is 0 Å². The first-order chi connectivity index (χ1) is 13.7. The van der Waals surface area contributed by atoms with Gasteiger partial charge in [0.25, 0.3) is 0 Å². The zero-order chi connectivity index (χ0) is 21.1. The number of rotatable bonds is 5. The number of amides is 1. The van der Waals surface area contributed by atoms with E-state index in [2.05, 4.69) is 46.1 Å². The molecule has 0 saturated carbocycles. The molecule has 1 saturated heterocycles. The molecule has 0 bridgehead atoms. The fourth-order valence-electron chi connectivity index (χ4n) is 3.61. The lowest BCUT2D eigenvalue weighted by atomic mass is 10.1. The van der Waals surface area contributed by atoms with Crippen LogP contribution in [0.4, 0.5) is 11.5 Å². The second kappa shape index (κ2) is 8.91. The SMILES string of the molecule is Cc1ccc(C)c(NC(=O)C(C)N2CCN(c3cc(C)nc(C(C)C)n3)CC2)c1. The van der Waals surface area contributed by atoms with Crippen molar-refractivity contribution in [3.8, 4) is 0 Å². The van der Waals surface area contributed by atoms with E-state index in [1.165, 1.54) is 0 Å². The first-order valence-corrected chi connectivity index (χ1v) is 10.5. The van der Waals surface area contributed by atoms with Crippen molar-refractivity contribution in [2.75, 3.05) is 36.4 Å². The molecule has 0 spiro atoms. The van der Waals surface area contributed by atoms with E-state index in [1.807, 2.05) is 39.8 Å². The Morgan fingerprint density at radius 2 is 1.69 bits per heavy atom. The molecule has 3 rings (SSSR count). The minimum atomic E-state index is -0.171. The minimum Gasteiger partial charge on any atom is -0.354 e. The van der Waals surface area contributed by atoms with Crippen molar-refractivity contribution in [1.29, 1.82) is 0 Å². The molecule has 0 radical (unpaired) electrons. The van der Waals surface area contributed by atoms with Crippen molar-refractivity contribution in [3.63, 3.8) is 0 Å². The van der Waals surface area contributed by atoms with Crippen LogP contribution in [0.2, 0.25) is 0 Å². The quantitative estimate of drug-likeness (QED) is 0.837. The number of carbonyl (C=O) groups excluding carboxylic acids is 1. The van der Waals surface area contributed by atoms with Gasteiger partial charge >= 0.3 is 0 Å². The van der Waals surface area contributed by atoms with E-state index < -0.39 is 0 Å². The van der Waals surface area contributed by atoms with Gasteiger partial charge in [0.2, 0.25) is 5.91 Å². The maximum absolute atomic E-state index is 12.8. The summed E-state index contributed by atoms with van der Waals surface area (Å²) in [6.45, 7) is 15.7. The van der Waals surface area contributed by atoms with E-state index in [9.17, 15) is 4.79 Å². The molecule has 1 amide bonds. The van der Waals surface area contributed by atoms with Gasteiger partial charge < -0.3 is 10.2 Å². The highest BCUT2D eigenvalue weighted by Crippen LogP contribution is 2.20. The van der Waals surface area contributed by atoms with Crippen LogP contribution in [0.1, 0.15) is 49.3 Å². The average molecular weight is 396 g/mol. The maximum Gasteiger partial charge on any atom is 0.241 e. The highest BCUT2D eigenvalue weighted by atomic mass is 16.2. The number of benzene rings is 1. The Balaban J connectivity index is 1.61. The largest absolute Gasteiger partial charge is 0.354 e. The molecule has 2 aromatic rings. The van der Waals surface area contributed by atoms with E-state index in [-0.39, 0.29) is 11.9 Å². The highest BCUT2D eigenvalue weighted by Gasteiger charge is 2.26. The van der Waals surface area contributed by atoms with Crippen molar-refractivity contribution in [3.05, 3.63) is 46.9 Å². The average Bonchev–Trinajstić information content (AvgIpc) is 2.69. The van der Waals surface area contributed by atoms with Crippen molar-refractivity contribution in [2.24, 2.45) is 0 Å². The molecule has 1 fully saturated rings. The summed E-state index contributed by atoms with van der Waals surface area (Å²) in [6, 6.07) is 8.02. The number of aromatic nitrogens is 2. The van der Waals surface area contributed by atoms with Crippen LogP contribution in [-0.4, -0.2) is 53.0 Å². The third-order valence-corrected chi connectivity index (χ3v) is 5.59. The number of hydrogen-bond donors (Lipinski definition) is 1. The van der Waals surface area contributed by atoms with Gasteiger partial charge in [-0.05, 0) is 44.9 Å². The number of anilines is 2. The van der Waals surface area contributed by atoms with Gasteiger partial charge in [-0.1, -0.05) is 26.0 Å². The third kappa shape index (κ3) is 5.12. The molecule has 1 aromatic carbocycles. The van der Waals surface area contributed by atoms with Crippen LogP contribution >= 0.6 is 0 Å². The van der Waals surface area contributed by atoms with Gasteiger partial charge in [-0.2, -0.15) is 0 Å². The monoisotopic (exact) mass is 395 g/mol. The second-order valence-electron chi connectivity index (χ2n) is 8.39. The first kappa shape index (κ1) is 21.2. The van der Waals surface area contributed by atoms with E-state index in [4.69, 9.17) is 4.98 Å². The molecule has 1 aliphatic heterocycles. The normalized spacial score (nSPS) is 16.2. The van der Waals surface area contributed by atoms with Crippen molar-refractivity contribution in [1.82, 2.24) is 14.9 Å². The van der Waals surface area contributed by atoms with Crippen LogP contribution in [-0.2, 0) is 4.79 Å². The first-order valence-electron chi connectivity index (χ1n) is 10.5. The van der Waals surface area contributed by atoms with Crippen LogP contribution in [0.5, 0.6) is 0 Å². The van der Waals surface area contributed by atoms with Gasteiger partial charge in [-0.25, -0.2) is 9.97 Å². The second-order valence-corrected chi connectivity index (χ2v) is 8.39. The number of hydrogen-bond acceptors (Lipinski definition) is 5. The summed E-state index contributed by atoms with van der Waals surface area (Å²) in [6.07, 6.45) is 0. The predicted molar refractivity (Wildman–Crippen MR) is 119 cm³/mol. The van der Waals surface area contributed by atoms with Crippen LogP contribution < -0.4 is 10.2 Å². The lowest BCUT2D eigenvalue weighted by Gasteiger charge is -2.38. The summed E-state index contributed by atoms with van der Waals surface area (Å²) in [5.41, 5.74) is 4.13. The van der Waals surface area contributed by atoms with Crippen molar-refractivity contribution in [2.45, 2.75) is 53.5 Å². The summed E-state index contributed by atoms with van der Waals surface area (Å²) in [5, 5.41) is 3.10. The van der Waals surface area contributed by atoms with Crippen molar-refractivity contribution < 1.29 is 4.79 Å². The molecule has 1 aromatic heterocycles. The zero-order valence-electron chi connectivity index (χ0n) is 18.5. The fraction of sp³-hybridized carbons (Fsp3) is 0.522. The van der Waals surface area contributed by atoms with Crippen molar-refractivity contribution >= 4 is 17.4 Å². The number of nitrogens with zero attached hydrogens (tertiary/aromatic N) is 4. The Morgan fingerprint density at radius 1 is 1.00 bits per heavy atom. The molecular formula is C23H33N5O. The molecule has 2 heterocycles. The van der Waals surface area contributed by atoms with Gasteiger partial charge in [0.05, 0.1) is 6.04 Å². The molecule has 1 unspecified atom stereocenters. The van der Waals surface area contributed by atoms with Crippen LogP contribution in [0.25, 0.3) is 0 Å². The van der Waals surface area contributed by atoms with Gasteiger partial charge in [0.15, 0.2) is 0 Å². The molecule has 1 atom stereocenters. The summed E-state index contributed by atoms with van der Waals surface area (Å²) in [5.74, 6) is 2.24. The minimum absolute atomic E-state index is 0.0483. The van der Waals surface area contributed by atoms with E-state index in [0.717, 1.165) is 60.3 Å². The Hall–Kier alpha value is -2.47. The summed E-state index contributed by atoms with van der Waals surface area (Å²) in [4.78, 5) is 26.6. The van der Waals surface area contributed by atoms with E-state index in [0.29, 0.717) is 5.92 Å². The zero-order valence-corrected chi connectivity index (χ0v) is 18.5. The Kier molecular flexibility index (Phi) is 6.52. The molecule has 0 aliphatic carbocycles. The smallest absolute Gasteiger partial charge is 0.241 e. The summed E-state index contributed by atoms with van der Waals surface area (Å²) >= 11 is 0. The maximum atomic E-state index is 12.8. The number of carbonyl (C=O) groups is 1. The fourth-order valence-corrected chi connectivity index (χ4v) is 3.61. The highest BCUT2D eigenvalue weighted by molar-refractivity contribution is 5.95. The number of nitrogens with one attached hydrogen (secondary N) is 1. The topological polar surface area (TPSA) is 61.4 Å². The van der Waals surface area contributed by atoms with E-state index in [1.54, 1.807) is 0 Å². The Morgan fingerprint density at radius 3 is 2.34 bits per heavy atom.